The number of pyridine rings is 1. The first-order valence-corrected chi connectivity index (χ1v) is 12.0. The van der Waals surface area contributed by atoms with Crippen LogP contribution in [0.4, 0.5) is 23.2 Å². The van der Waals surface area contributed by atoms with Crippen molar-refractivity contribution in [2.75, 3.05) is 18.4 Å². The summed E-state index contributed by atoms with van der Waals surface area (Å²) in [5.74, 6) is -1.43. The predicted molar refractivity (Wildman–Crippen MR) is 123 cm³/mol. The van der Waals surface area contributed by atoms with E-state index in [4.69, 9.17) is 0 Å². The van der Waals surface area contributed by atoms with Crippen LogP contribution in [0.5, 0.6) is 5.75 Å². The van der Waals surface area contributed by atoms with Crippen LogP contribution in [0.25, 0.3) is 5.57 Å². The third kappa shape index (κ3) is 6.07. The van der Waals surface area contributed by atoms with E-state index in [1.165, 1.54) is 34.6 Å². The van der Waals surface area contributed by atoms with E-state index < -0.39 is 33.9 Å². The Morgan fingerprint density at radius 3 is 2.31 bits per heavy atom. The van der Waals surface area contributed by atoms with E-state index in [1.807, 2.05) is 0 Å². The molecule has 1 amide bonds. The van der Waals surface area contributed by atoms with Crippen molar-refractivity contribution < 1.29 is 35.5 Å². The summed E-state index contributed by atoms with van der Waals surface area (Å²) in [4.78, 5) is 16.7. The van der Waals surface area contributed by atoms with Crippen LogP contribution < -0.4 is 10.1 Å². The van der Waals surface area contributed by atoms with Gasteiger partial charge in [0.15, 0.2) is 0 Å². The van der Waals surface area contributed by atoms with Crippen molar-refractivity contribution >= 4 is 27.2 Å². The summed E-state index contributed by atoms with van der Waals surface area (Å²) in [6.07, 6.45) is -2.89. The van der Waals surface area contributed by atoms with Crippen molar-refractivity contribution in [1.82, 2.24) is 9.29 Å². The molecule has 1 aromatic heterocycles. The topological polar surface area (TPSA) is 88.6 Å². The van der Waals surface area contributed by atoms with Crippen molar-refractivity contribution in [2.24, 2.45) is 0 Å². The first-order chi connectivity index (χ1) is 17.0. The minimum Gasteiger partial charge on any atom is -0.406 e. The fourth-order valence-electron chi connectivity index (χ4n) is 3.53. The number of carbonyl (C=O) groups excluding carboxylic acids is 1. The van der Waals surface area contributed by atoms with Crippen LogP contribution in [0.2, 0.25) is 0 Å². The van der Waals surface area contributed by atoms with Crippen molar-refractivity contribution in [2.45, 2.75) is 17.7 Å². The summed E-state index contributed by atoms with van der Waals surface area (Å²) in [6.45, 7) is 0.134. The second kappa shape index (κ2) is 10.1. The van der Waals surface area contributed by atoms with E-state index in [-0.39, 0.29) is 23.7 Å². The molecule has 4 rings (SSSR count). The van der Waals surface area contributed by atoms with Gasteiger partial charge in [0.25, 0.3) is 5.91 Å². The number of nitrogens with zero attached hydrogens (tertiary/aromatic N) is 2. The highest BCUT2D eigenvalue weighted by Gasteiger charge is 2.32. The number of aromatic nitrogens is 1. The van der Waals surface area contributed by atoms with Gasteiger partial charge in [-0.25, -0.2) is 17.8 Å². The van der Waals surface area contributed by atoms with Crippen LogP contribution in [0.15, 0.2) is 77.7 Å². The summed E-state index contributed by atoms with van der Waals surface area (Å²) in [6, 6.07) is 14.2. The fourth-order valence-corrected chi connectivity index (χ4v) is 4.91. The Bertz CT molecular complexity index is 1390. The molecule has 0 unspecified atom stereocenters. The lowest BCUT2D eigenvalue weighted by atomic mass is 10.1. The van der Waals surface area contributed by atoms with Gasteiger partial charge in [-0.05, 0) is 72.7 Å². The lowest BCUT2D eigenvalue weighted by Crippen LogP contribution is -2.34. The number of alkyl halides is 3. The summed E-state index contributed by atoms with van der Waals surface area (Å²) in [5, 5.41) is 2.63. The number of amides is 1. The zero-order valence-corrected chi connectivity index (χ0v) is 19.3. The molecule has 36 heavy (non-hydrogen) atoms. The van der Waals surface area contributed by atoms with Crippen LogP contribution in [0.1, 0.15) is 22.6 Å². The molecule has 0 fully saturated rings. The molecule has 1 N–H and O–H groups in total. The van der Waals surface area contributed by atoms with E-state index in [9.17, 15) is 30.8 Å². The minimum atomic E-state index is -4.87. The molecule has 1 aliphatic heterocycles. The van der Waals surface area contributed by atoms with Crippen LogP contribution in [-0.2, 0) is 10.0 Å². The lowest BCUT2D eigenvalue weighted by molar-refractivity contribution is -0.274. The molecule has 188 valence electrons. The maximum Gasteiger partial charge on any atom is 0.573 e. The molecule has 3 aromatic rings. The summed E-state index contributed by atoms with van der Waals surface area (Å²) in [5.41, 5.74) is 1.79. The zero-order chi connectivity index (χ0) is 25.9. The standard InChI is InChI=1S/C24H19F4N3O4S/c25-17-4-6-18(7-5-17)29-23(32)22-3-1-2-21(30-22)16-12-14-31(15-13-16)36(33,34)20-10-8-19(9-11-20)35-24(26,27)28/h1-12H,13-15H2,(H,29,32). The Morgan fingerprint density at radius 2 is 1.69 bits per heavy atom. The molecule has 0 saturated carbocycles. The number of hydrogen-bond acceptors (Lipinski definition) is 5. The molecule has 0 atom stereocenters. The Morgan fingerprint density at radius 1 is 1.00 bits per heavy atom. The maximum absolute atomic E-state index is 13.1. The quantitative estimate of drug-likeness (QED) is 0.469. The van der Waals surface area contributed by atoms with E-state index in [0.29, 0.717) is 17.8 Å². The third-order valence-electron chi connectivity index (χ3n) is 5.28. The SMILES string of the molecule is O=C(Nc1ccc(F)cc1)c1cccc(C2=CCN(S(=O)(=O)c3ccc(OC(F)(F)F)cc3)CC2)n1. The number of hydrogen-bond donors (Lipinski definition) is 1. The first-order valence-electron chi connectivity index (χ1n) is 10.6. The van der Waals surface area contributed by atoms with Gasteiger partial charge in [0.1, 0.15) is 17.3 Å². The second-order valence-electron chi connectivity index (χ2n) is 7.73. The van der Waals surface area contributed by atoms with Gasteiger partial charge in [0, 0.05) is 18.8 Å². The molecule has 12 heteroatoms. The van der Waals surface area contributed by atoms with Gasteiger partial charge < -0.3 is 10.1 Å². The summed E-state index contributed by atoms with van der Waals surface area (Å²) in [7, 11) is -3.95. The molecule has 1 aliphatic rings. The molecule has 0 spiro atoms. The van der Waals surface area contributed by atoms with E-state index in [1.54, 1.807) is 18.2 Å². The number of nitrogens with one attached hydrogen (secondary N) is 1. The van der Waals surface area contributed by atoms with Crippen molar-refractivity contribution in [3.63, 3.8) is 0 Å². The predicted octanol–water partition coefficient (Wildman–Crippen LogP) is 4.85. The van der Waals surface area contributed by atoms with E-state index >= 15 is 0 Å². The van der Waals surface area contributed by atoms with E-state index in [0.717, 1.165) is 29.8 Å². The molecule has 2 aromatic carbocycles. The van der Waals surface area contributed by atoms with Gasteiger partial charge in [0.05, 0.1) is 10.6 Å². The fraction of sp³-hybridized carbons (Fsp3) is 0.167. The maximum atomic E-state index is 13.1. The Balaban J connectivity index is 1.44. The minimum absolute atomic E-state index is 0.0200. The third-order valence-corrected chi connectivity index (χ3v) is 7.16. The summed E-state index contributed by atoms with van der Waals surface area (Å²) < 4.78 is 80.8. The molecule has 2 heterocycles. The number of rotatable bonds is 6. The molecular weight excluding hydrogens is 502 g/mol. The largest absolute Gasteiger partial charge is 0.573 e. The van der Waals surface area contributed by atoms with Crippen LogP contribution in [0.3, 0.4) is 0 Å². The summed E-state index contributed by atoms with van der Waals surface area (Å²) >= 11 is 0. The van der Waals surface area contributed by atoms with Gasteiger partial charge >= 0.3 is 6.36 Å². The molecule has 7 nitrogen and oxygen atoms in total. The second-order valence-corrected chi connectivity index (χ2v) is 9.67. The highest BCUT2D eigenvalue weighted by atomic mass is 32.2. The molecule has 0 bridgehead atoms. The smallest absolute Gasteiger partial charge is 0.406 e. The average molecular weight is 521 g/mol. The number of benzene rings is 2. The van der Waals surface area contributed by atoms with Crippen LogP contribution in [-0.4, -0.2) is 43.1 Å². The van der Waals surface area contributed by atoms with E-state index in [2.05, 4.69) is 15.0 Å². The number of ether oxygens (including phenoxy) is 1. The Labute approximate surface area is 204 Å². The number of carbonyl (C=O) groups is 1. The van der Waals surface area contributed by atoms with Gasteiger partial charge in [-0.2, -0.15) is 4.31 Å². The van der Waals surface area contributed by atoms with Gasteiger partial charge in [0.2, 0.25) is 10.0 Å². The monoisotopic (exact) mass is 521 g/mol. The molecule has 0 radical (unpaired) electrons. The lowest BCUT2D eigenvalue weighted by Gasteiger charge is -2.26. The Hall–Kier alpha value is -3.77. The average Bonchev–Trinajstić information content (AvgIpc) is 2.85. The first kappa shape index (κ1) is 25.3. The van der Waals surface area contributed by atoms with Crippen molar-refractivity contribution in [1.29, 1.82) is 0 Å². The molecular formula is C24H19F4N3O4S. The highest BCUT2D eigenvalue weighted by molar-refractivity contribution is 7.89. The number of anilines is 1. The van der Waals surface area contributed by atoms with Gasteiger partial charge in [-0.15, -0.1) is 13.2 Å². The van der Waals surface area contributed by atoms with Crippen molar-refractivity contribution in [3.05, 3.63) is 90.0 Å². The number of halogens is 4. The van der Waals surface area contributed by atoms with Gasteiger partial charge in [-0.3, -0.25) is 4.79 Å². The van der Waals surface area contributed by atoms with Crippen LogP contribution in [0, 0.1) is 5.82 Å². The molecule has 0 saturated heterocycles. The van der Waals surface area contributed by atoms with Crippen LogP contribution >= 0.6 is 0 Å². The number of sulfonamides is 1. The normalized spacial score (nSPS) is 14.7. The zero-order valence-electron chi connectivity index (χ0n) is 18.5. The Kier molecular flexibility index (Phi) is 7.09. The van der Waals surface area contributed by atoms with Crippen molar-refractivity contribution in [3.8, 4) is 5.75 Å². The highest BCUT2D eigenvalue weighted by Crippen LogP contribution is 2.28. The molecule has 0 aliphatic carbocycles. The van der Waals surface area contributed by atoms with Gasteiger partial charge in [-0.1, -0.05) is 12.1 Å².